The van der Waals surface area contributed by atoms with Gasteiger partial charge in [-0.1, -0.05) is 5.11 Å². The first-order chi connectivity index (χ1) is 3.30. The number of hydrogen-bond donors (Lipinski definition) is 0. The first kappa shape index (κ1) is 3.91. The minimum absolute atomic E-state index is 0.944. The van der Waals surface area contributed by atoms with Crippen molar-refractivity contribution in [1.82, 2.24) is 0 Å². The maximum Gasteiger partial charge on any atom is 0.428 e. The van der Waals surface area contributed by atoms with E-state index in [1.807, 2.05) is 0 Å². The van der Waals surface area contributed by atoms with Crippen molar-refractivity contribution in [3.05, 3.63) is 0 Å². The highest BCUT2D eigenvalue weighted by Gasteiger charge is 2.20. The van der Waals surface area contributed by atoms with E-state index in [4.69, 9.17) is 0 Å². The lowest BCUT2D eigenvalue weighted by Crippen LogP contribution is -2.04. The van der Waals surface area contributed by atoms with E-state index in [0.717, 1.165) is 0 Å². The van der Waals surface area contributed by atoms with Crippen molar-refractivity contribution in [2.75, 3.05) is 0 Å². The zero-order valence-electron chi connectivity index (χ0n) is 3.12. The average Bonchev–Trinajstić information content (AvgIpc) is 1.91. The van der Waals surface area contributed by atoms with E-state index in [-0.39, 0.29) is 0 Å². The standard InChI is InChI=1S/C2N2O3/c5-1-2(6)7-4-3-1. The van der Waals surface area contributed by atoms with E-state index < -0.39 is 11.9 Å². The molecule has 0 atom stereocenters. The van der Waals surface area contributed by atoms with Gasteiger partial charge < -0.3 is 0 Å². The molecule has 0 fully saturated rings. The SMILES string of the molecule is O=C1N=NOC1=O. The molecule has 0 saturated heterocycles. The molecule has 5 nitrogen and oxygen atoms in total. The molecule has 0 unspecified atom stereocenters. The minimum Gasteiger partial charge on any atom is -0.288 e. The predicted octanol–water partition coefficient (Wildman–Crippen LogP) is -0.563. The van der Waals surface area contributed by atoms with Gasteiger partial charge in [-0.25, -0.2) is 4.79 Å². The lowest BCUT2D eigenvalue weighted by atomic mass is 10.7. The second-order valence-corrected chi connectivity index (χ2v) is 0.866. The molecule has 0 aliphatic carbocycles. The van der Waals surface area contributed by atoms with Crippen LogP contribution in [0.1, 0.15) is 0 Å². The molecule has 1 amide bonds. The highest BCUT2D eigenvalue weighted by molar-refractivity contribution is 6.33. The molecular formula is C2N2O3. The molecule has 5 heteroatoms. The van der Waals surface area contributed by atoms with Gasteiger partial charge in [0.15, 0.2) is 0 Å². The van der Waals surface area contributed by atoms with Crippen LogP contribution in [0.2, 0.25) is 0 Å². The summed E-state index contributed by atoms with van der Waals surface area (Å²) in [4.78, 5) is 23.4. The Labute approximate surface area is 37.9 Å². The Balaban J connectivity index is 2.81. The molecule has 1 heterocycles. The van der Waals surface area contributed by atoms with Crippen LogP contribution in [-0.2, 0) is 14.4 Å². The maximum atomic E-state index is 9.84. The summed E-state index contributed by atoms with van der Waals surface area (Å²) in [6, 6.07) is 0. The Morgan fingerprint density at radius 3 is 2.29 bits per heavy atom. The van der Waals surface area contributed by atoms with Crippen molar-refractivity contribution in [3.8, 4) is 0 Å². The third kappa shape index (κ3) is 0.466. The van der Waals surface area contributed by atoms with Crippen LogP contribution in [0.25, 0.3) is 0 Å². The monoisotopic (exact) mass is 100.0 g/mol. The lowest BCUT2D eigenvalue weighted by molar-refractivity contribution is -0.148. The van der Waals surface area contributed by atoms with Crippen molar-refractivity contribution in [1.29, 1.82) is 0 Å². The van der Waals surface area contributed by atoms with Gasteiger partial charge in [0.25, 0.3) is 0 Å². The lowest BCUT2D eigenvalue weighted by Gasteiger charge is -1.70. The molecule has 1 rings (SSSR count). The first-order valence-electron chi connectivity index (χ1n) is 1.47. The molecule has 0 N–H and O–H groups in total. The van der Waals surface area contributed by atoms with Crippen LogP contribution in [0.3, 0.4) is 0 Å². The fraction of sp³-hybridized carbons (Fsp3) is 0. The van der Waals surface area contributed by atoms with Gasteiger partial charge in [0.1, 0.15) is 0 Å². The van der Waals surface area contributed by atoms with Crippen LogP contribution in [0.15, 0.2) is 10.4 Å². The summed E-state index contributed by atoms with van der Waals surface area (Å²) < 4.78 is 0. The Kier molecular flexibility index (Phi) is 0.619. The van der Waals surface area contributed by atoms with Crippen LogP contribution < -0.4 is 0 Å². The van der Waals surface area contributed by atoms with Crippen molar-refractivity contribution in [3.63, 3.8) is 0 Å². The van der Waals surface area contributed by atoms with Crippen molar-refractivity contribution in [2.45, 2.75) is 0 Å². The molecule has 0 spiro atoms. The van der Waals surface area contributed by atoms with E-state index in [9.17, 15) is 9.59 Å². The van der Waals surface area contributed by atoms with E-state index >= 15 is 0 Å². The molecule has 0 radical (unpaired) electrons. The summed E-state index contributed by atoms with van der Waals surface area (Å²) in [6.07, 6.45) is 0. The van der Waals surface area contributed by atoms with Crippen molar-refractivity contribution in [2.24, 2.45) is 10.4 Å². The number of nitrogens with zero attached hydrogens (tertiary/aromatic N) is 2. The van der Waals surface area contributed by atoms with Gasteiger partial charge in [-0.3, -0.25) is 9.63 Å². The van der Waals surface area contributed by atoms with Crippen LogP contribution >= 0.6 is 0 Å². The summed E-state index contributed by atoms with van der Waals surface area (Å²) in [7, 11) is 0. The fourth-order valence-corrected chi connectivity index (χ4v) is 0.174. The third-order valence-corrected chi connectivity index (χ3v) is 0.430. The summed E-state index contributed by atoms with van der Waals surface area (Å²) in [5, 5.41) is 5.40. The number of amides is 1. The summed E-state index contributed by atoms with van der Waals surface area (Å²) in [6.45, 7) is 0. The highest BCUT2D eigenvalue weighted by atomic mass is 16.7. The molecule has 1 aliphatic heterocycles. The molecular weight excluding hydrogens is 100 g/mol. The van der Waals surface area contributed by atoms with Gasteiger partial charge in [-0.05, 0) is 0 Å². The normalized spacial score (nSPS) is 17.7. The quantitative estimate of drug-likeness (QED) is 0.383. The molecule has 0 saturated carbocycles. The number of rotatable bonds is 0. The van der Waals surface area contributed by atoms with Gasteiger partial charge in [0, 0.05) is 5.28 Å². The van der Waals surface area contributed by atoms with E-state index in [1.54, 1.807) is 0 Å². The summed E-state index contributed by atoms with van der Waals surface area (Å²) in [5.74, 6) is -1.96. The number of carbonyl (C=O) groups is 2. The molecule has 1 aliphatic rings. The second kappa shape index (κ2) is 1.11. The number of carbonyl (C=O) groups excluding carboxylic acids is 2. The first-order valence-corrected chi connectivity index (χ1v) is 1.47. The Hall–Kier alpha value is -1.26. The van der Waals surface area contributed by atoms with E-state index in [2.05, 4.69) is 15.2 Å². The molecule has 0 bridgehead atoms. The summed E-state index contributed by atoms with van der Waals surface area (Å²) in [5.41, 5.74) is 0. The molecule has 0 aromatic rings. The van der Waals surface area contributed by atoms with Crippen LogP contribution in [0.4, 0.5) is 0 Å². The zero-order valence-corrected chi connectivity index (χ0v) is 3.12. The average molecular weight is 100 g/mol. The van der Waals surface area contributed by atoms with Gasteiger partial charge in [0.2, 0.25) is 0 Å². The molecule has 36 valence electrons. The number of hydrogen-bond acceptors (Lipinski definition) is 4. The van der Waals surface area contributed by atoms with Crippen molar-refractivity contribution < 1.29 is 14.4 Å². The third-order valence-electron chi connectivity index (χ3n) is 0.430. The Morgan fingerprint density at radius 1 is 1.43 bits per heavy atom. The Bertz CT molecular complexity index is 149. The Morgan fingerprint density at radius 2 is 2.14 bits per heavy atom. The smallest absolute Gasteiger partial charge is 0.288 e. The van der Waals surface area contributed by atoms with Gasteiger partial charge >= 0.3 is 11.9 Å². The van der Waals surface area contributed by atoms with Crippen LogP contribution in [0, 0.1) is 0 Å². The van der Waals surface area contributed by atoms with E-state index in [0.29, 0.717) is 0 Å². The maximum absolute atomic E-state index is 9.84. The van der Waals surface area contributed by atoms with Gasteiger partial charge in [-0.2, -0.15) is 0 Å². The van der Waals surface area contributed by atoms with Gasteiger partial charge in [0.05, 0.1) is 0 Å². The zero-order chi connectivity index (χ0) is 5.28. The topological polar surface area (TPSA) is 68.1 Å². The van der Waals surface area contributed by atoms with E-state index in [1.165, 1.54) is 0 Å². The van der Waals surface area contributed by atoms with Gasteiger partial charge in [-0.15, -0.1) is 0 Å². The molecule has 0 aromatic heterocycles. The summed E-state index contributed by atoms with van der Waals surface area (Å²) >= 11 is 0. The molecule has 0 aromatic carbocycles. The largest absolute Gasteiger partial charge is 0.428 e. The predicted molar refractivity (Wildman–Crippen MR) is 16.0 cm³/mol. The fourth-order valence-electron chi connectivity index (χ4n) is 0.174. The minimum atomic E-state index is -1.01. The highest BCUT2D eigenvalue weighted by Crippen LogP contribution is 1.93. The van der Waals surface area contributed by atoms with Crippen LogP contribution in [0.5, 0.6) is 0 Å². The van der Waals surface area contributed by atoms with Crippen molar-refractivity contribution >= 4 is 11.9 Å². The second-order valence-electron chi connectivity index (χ2n) is 0.866. The van der Waals surface area contributed by atoms with Crippen LogP contribution in [-0.4, -0.2) is 11.9 Å². The molecule has 7 heavy (non-hydrogen) atoms.